The molecule has 1 saturated heterocycles. The lowest BCUT2D eigenvalue weighted by Crippen LogP contribution is -2.56. The number of rotatable bonds is 5. The van der Waals surface area contributed by atoms with Gasteiger partial charge >= 0.3 is 0 Å². The Hall–Kier alpha value is -0.420. The predicted molar refractivity (Wildman–Crippen MR) is 79.9 cm³/mol. The third-order valence-electron chi connectivity index (χ3n) is 4.10. The van der Waals surface area contributed by atoms with Crippen molar-refractivity contribution in [3.63, 3.8) is 0 Å². The molecule has 0 bridgehead atoms. The molecule has 1 aliphatic heterocycles. The van der Waals surface area contributed by atoms with Gasteiger partial charge in [0.05, 0.1) is 19.3 Å². The van der Waals surface area contributed by atoms with Crippen molar-refractivity contribution in [1.82, 2.24) is 4.90 Å². The first-order valence-electron chi connectivity index (χ1n) is 7.12. The van der Waals surface area contributed by atoms with Gasteiger partial charge in [0.1, 0.15) is 0 Å². The summed E-state index contributed by atoms with van der Waals surface area (Å²) < 4.78 is 5.39. The quantitative estimate of drug-likeness (QED) is 0.900. The van der Waals surface area contributed by atoms with E-state index in [9.17, 15) is 5.11 Å². The molecule has 1 unspecified atom stereocenters. The summed E-state index contributed by atoms with van der Waals surface area (Å²) in [5.74, 6) is 0. The number of hydrogen-bond acceptors (Lipinski definition) is 4. The molecule has 1 aromatic heterocycles. The molecule has 0 saturated carbocycles. The third-order valence-corrected chi connectivity index (χ3v) is 5.35. The molecule has 1 atom stereocenters. The minimum Gasteiger partial charge on any atom is -0.391 e. The lowest BCUT2D eigenvalue weighted by molar-refractivity contribution is -0.0609. The maximum atomic E-state index is 10.6. The summed E-state index contributed by atoms with van der Waals surface area (Å²) in [6, 6.07) is 4.33. The van der Waals surface area contributed by atoms with Crippen molar-refractivity contribution >= 4 is 11.3 Å². The van der Waals surface area contributed by atoms with E-state index in [0.717, 1.165) is 39.1 Å². The molecule has 108 valence electrons. The number of ether oxygens (including phenoxy) is 1. The van der Waals surface area contributed by atoms with Crippen LogP contribution in [0.4, 0.5) is 0 Å². The van der Waals surface area contributed by atoms with E-state index in [1.54, 1.807) is 0 Å². The molecule has 1 N–H and O–H groups in total. The molecule has 1 aromatic rings. The van der Waals surface area contributed by atoms with Gasteiger partial charge in [0.2, 0.25) is 0 Å². The highest BCUT2D eigenvalue weighted by atomic mass is 32.1. The molecule has 2 rings (SSSR count). The van der Waals surface area contributed by atoms with Gasteiger partial charge < -0.3 is 9.84 Å². The second kappa shape index (κ2) is 6.35. The van der Waals surface area contributed by atoms with Crippen LogP contribution < -0.4 is 0 Å². The molecule has 1 fully saturated rings. The maximum absolute atomic E-state index is 10.6. The summed E-state index contributed by atoms with van der Waals surface area (Å²) in [4.78, 5) is 5.02. The van der Waals surface area contributed by atoms with Crippen molar-refractivity contribution < 1.29 is 9.84 Å². The van der Waals surface area contributed by atoms with Crippen LogP contribution in [0.25, 0.3) is 0 Å². The van der Waals surface area contributed by atoms with Crippen LogP contribution in [0.5, 0.6) is 0 Å². The molecule has 0 spiro atoms. The zero-order chi connectivity index (χ0) is 13.9. The van der Waals surface area contributed by atoms with Crippen molar-refractivity contribution in [2.45, 2.75) is 45.3 Å². The molecule has 4 heteroatoms. The van der Waals surface area contributed by atoms with Crippen molar-refractivity contribution in [2.24, 2.45) is 0 Å². The lowest BCUT2D eigenvalue weighted by Gasteiger charge is -2.43. The zero-order valence-corrected chi connectivity index (χ0v) is 13.0. The van der Waals surface area contributed by atoms with Crippen molar-refractivity contribution in [3.8, 4) is 0 Å². The van der Waals surface area contributed by atoms with E-state index >= 15 is 0 Å². The van der Waals surface area contributed by atoms with Gasteiger partial charge in [0.25, 0.3) is 0 Å². The molecule has 0 aliphatic carbocycles. The van der Waals surface area contributed by atoms with Gasteiger partial charge in [-0.05, 0) is 32.4 Å². The minimum atomic E-state index is -0.339. The summed E-state index contributed by atoms with van der Waals surface area (Å²) in [5, 5.41) is 10.6. The fourth-order valence-electron chi connectivity index (χ4n) is 2.51. The van der Waals surface area contributed by atoms with E-state index in [2.05, 4.69) is 37.8 Å². The average Bonchev–Trinajstić information content (AvgIpc) is 2.87. The molecular weight excluding hydrogens is 258 g/mol. The lowest BCUT2D eigenvalue weighted by atomic mass is 9.91. The van der Waals surface area contributed by atoms with Crippen molar-refractivity contribution in [2.75, 3.05) is 26.3 Å². The SMILES string of the molecule is CCc1ccc(CC(O)C(C)(C)N2CCOCC2)s1. The van der Waals surface area contributed by atoms with Crippen LogP contribution in [0.2, 0.25) is 0 Å². The van der Waals surface area contributed by atoms with E-state index in [1.807, 2.05) is 11.3 Å². The minimum absolute atomic E-state index is 0.194. The van der Waals surface area contributed by atoms with Crippen LogP contribution in [0.1, 0.15) is 30.5 Å². The topological polar surface area (TPSA) is 32.7 Å². The Labute approximate surface area is 120 Å². The predicted octanol–water partition coefficient (Wildman–Crippen LogP) is 2.32. The number of morpholine rings is 1. The van der Waals surface area contributed by atoms with Crippen LogP contribution in [0, 0.1) is 0 Å². The Balaban J connectivity index is 1.98. The molecule has 2 heterocycles. The van der Waals surface area contributed by atoms with Gasteiger partial charge in [-0.3, -0.25) is 4.90 Å². The summed E-state index contributed by atoms with van der Waals surface area (Å²) in [6.07, 6.45) is 1.48. The molecule has 1 aliphatic rings. The third kappa shape index (κ3) is 3.57. The molecule has 0 radical (unpaired) electrons. The van der Waals surface area contributed by atoms with E-state index < -0.39 is 0 Å². The Kier molecular flexibility index (Phi) is 5.01. The summed E-state index contributed by atoms with van der Waals surface area (Å²) in [5.41, 5.74) is -0.194. The zero-order valence-electron chi connectivity index (χ0n) is 12.2. The van der Waals surface area contributed by atoms with Gasteiger partial charge in [0.15, 0.2) is 0 Å². The van der Waals surface area contributed by atoms with Crippen molar-refractivity contribution in [3.05, 3.63) is 21.9 Å². The first kappa shape index (κ1) is 15.0. The largest absolute Gasteiger partial charge is 0.391 e. The summed E-state index contributed by atoms with van der Waals surface area (Å²) in [6.45, 7) is 9.81. The van der Waals surface area contributed by atoms with Crippen LogP contribution in [-0.2, 0) is 17.6 Å². The first-order chi connectivity index (χ1) is 9.04. The van der Waals surface area contributed by atoms with Crippen LogP contribution >= 0.6 is 11.3 Å². The standard InChI is InChI=1S/C15H25NO2S/c1-4-12-5-6-13(19-12)11-14(17)15(2,3)16-7-9-18-10-8-16/h5-6,14,17H,4,7-11H2,1-3H3. The molecule has 3 nitrogen and oxygen atoms in total. The summed E-state index contributed by atoms with van der Waals surface area (Å²) in [7, 11) is 0. The second-order valence-electron chi connectivity index (χ2n) is 5.69. The Morgan fingerprint density at radius 3 is 2.53 bits per heavy atom. The van der Waals surface area contributed by atoms with Gasteiger partial charge in [0, 0.05) is 34.8 Å². The highest BCUT2D eigenvalue weighted by molar-refractivity contribution is 7.11. The number of aliphatic hydroxyl groups is 1. The van der Waals surface area contributed by atoms with Crippen LogP contribution in [0.15, 0.2) is 12.1 Å². The second-order valence-corrected chi connectivity index (χ2v) is 6.95. The van der Waals surface area contributed by atoms with E-state index in [1.165, 1.54) is 9.75 Å². The number of hydrogen-bond donors (Lipinski definition) is 1. The highest BCUT2D eigenvalue weighted by Gasteiger charge is 2.35. The van der Waals surface area contributed by atoms with Crippen LogP contribution in [0.3, 0.4) is 0 Å². The van der Waals surface area contributed by atoms with E-state index in [0.29, 0.717) is 0 Å². The number of nitrogens with zero attached hydrogens (tertiary/aromatic N) is 1. The average molecular weight is 283 g/mol. The van der Waals surface area contributed by atoms with Gasteiger partial charge in [-0.1, -0.05) is 6.92 Å². The van der Waals surface area contributed by atoms with E-state index in [4.69, 9.17) is 4.74 Å². The highest BCUT2D eigenvalue weighted by Crippen LogP contribution is 2.26. The first-order valence-corrected chi connectivity index (χ1v) is 7.94. The molecular formula is C15H25NO2S. The maximum Gasteiger partial charge on any atom is 0.0766 e. The fourth-order valence-corrected chi connectivity index (χ4v) is 3.51. The molecule has 19 heavy (non-hydrogen) atoms. The monoisotopic (exact) mass is 283 g/mol. The fraction of sp³-hybridized carbons (Fsp3) is 0.733. The van der Waals surface area contributed by atoms with Crippen molar-refractivity contribution in [1.29, 1.82) is 0 Å². The van der Waals surface area contributed by atoms with Crippen LogP contribution in [-0.4, -0.2) is 48.0 Å². The normalized spacial score (nSPS) is 19.6. The Morgan fingerprint density at radius 1 is 1.32 bits per heavy atom. The van der Waals surface area contributed by atoms with Gasteiger partial charge in [-0.15, -0.1) is 11.3 Å². The Morgan fingerprint density at radius 2 is 1.95 bits per heavy atom. The molecule has 0 amide bonds. The molecule has 0 aromatic carbocycles. The number of aliphatic hydroxyl groups excluding tert-OH is 1. The van der Waals surface area contributed by atoms with Gasteiger partial charge in [-0.2, -0.15) is 0 Å². The van der Waals surface area contributed by atoms with E-state index in [-0.39, 0.29) is 11.6 Å². The van der Waals surface area contributed by atoms with Gasteiger partial charge in [-0.25, -0.2) is 0 Å². The smallest absolute Gasteiger partial charge is 0.0766 e. The Bertz CT molecular complexity index is 397. The number of thiophene rings is 1. The summed E-state index contributed by atoms with van der Waals surface area (Å²) >= 11 is 1.82. The number of aryl methyl sites for hydroxylation is 1.